The molecular formula is C24H37N5OS. The molecule has 1 aromatic heterocycles. The molecule has 1 fully saturated rings. The maximum absolute atomic E-state index is 6.14. The lowest BCUT2D eigenvalue weighted by atomic mass is 10.1. The number of benzene rings is 1. The number of thiazole rings is 1. The summed E-state index contributed by atoms with van der Waals surface area (Å²) < 4.78 is 6.14. The standard InChI is InChI=1S/C24H37N5OS/c1-4-25-24(28(3)18-22-19-31-20(2)27-22)26-13-8-16-30-23-11-14-29(15-12-23)17-21-9-6-5-7-10-21/h5-7,9-10,19,23H,4,8,11-18H2,1-3H3,(H,25,26). The van der Waals surface area contributed by atoms with E-state index in [-0.39, 0.29) is 0 Å². The van der Waals surface area contributed by atoms with Crippen LogP contribution in [0.5, 0.6) is 0 Å². The van der Waals surface area contributed by atoms with Crippen molar-refractivity contribution in [3.05, 3.63) is 52.0 Å². The molecule has 1 aromatic carbocycles. The Balaban J connectivity index is 1.33. The fourth-order valence-electron chi connectivity index (χ4n) is 3.84. The van der Waals surface area contributed by atoms with Gasteiger partial charge in [0.1, 0.15) is 0 Å². The zero-order valence-electron chi connectivity index (χ0n) is 19.2. The van der Waals surface area contributed by atoms with E-state index in [0.29, 0.717) is 6.10 Å². The molecule has 0 aliphatic carbocycles. The second kappa shape index (κ2) is 12.8. The van der Waals surface area contributed by atoms with Crippen LogP contribution in [0.4, 0.5) is 0 Å². The number of nitrogens with one attached hydrogen (secondary N) is 1. The predicted molar refractivity (Wildman–Crippen MR) is 130 cm³/mol. The number of aliphatic imine (C=N–C) groups is 1. The molecule has 0 amide bonds. The zero-order valence-corrected chi connectivity index (χ0v) is 20.0. The van der Waals surface area contributed by atoms with Gasteiger partial charge in [-0.05, 0) is 38.7 Å². The van der Waals surface area contributed by atoms with Gasteiger partial charge in [-0.2, -0.15) is 0 Å². The highest BCUT2D eigenvalue weighted by Gasteiger charge is 2.19. The minimum Gasteiger partial charge on any atom is -0.378 e. The fourth-order valence-corrected chi connectivity index (χ4v) is 4.45. The summed E-state index contributed by atoms with van der Waals surface area (Å²) in [5.41, 5.74) is 2.49. The summed E-state index contributed by atoms with van der Waals surface area (Å²) in [6.07, 6.45) is 3.58. The molecule has 3 rings (SSSR count). The Morgan fingerprint density at radius 1 is 1.29 bits per heavy atom. The van der Waals surface area contributed by atoms with E-state index in [1.54, 1.807) is 11.3 Å². The smallest absolute Gasteiger partial charge is 0.194 e. The van der Waals surface area contributed by atoms with Crippen LogP contribution in [0.2, 0.25) is 0 Å². The Kier molecular flexibility index (Phi) is 9.78. The molecule has 7 heteroatoms. The Morgan fingerprint density at radius 3 is 2.74 bits per heavy atom. The molecule has 0 radical (unpaired) electrons. The van der Waals surface area contributed by atoms with Crippen LogP contribution in [0.3, 0.4) is 0 Å². The van der Waals surface area contributed by atoms with Crippen molar-refractivity contribution < 1.29 is 4.74 Å². The van der Waals surface area contributed by atoms with E-state index >= 15 is 0 Å². The average molecular weight is 444 g/mol. The number of aryl methyl sites for hydroxylation is 1. The third-order valence-corrected chi connectivity index (χ3v) is 6.29. The van der Waals surface area contributed by atoms with Crippen LogP contribution in [0, 0.1) is 6.92 Å². The van der Waals surface area contributed by atoms with E-state index in [1.807, 2.05) is 6.92 Å². The molecule has 170 valence electrons. The first-order chi connectivity index (χ1) is 15.1. The van der Waals surface area contributed by atoms with E-state index in [4.69, 9.17) is 9.73 Å². The molecule has 0 unspecified atom stereocenters. The highest BCUT2D eigenvalue weighted by molar-refractivity contribution is 7.09. The topological polar surface area (TPSA) is 53.0 Å². The van der Waals surface area contributed by atoms with E-state index in [1.165, 1.54) is 5.56 Å². The van der Waals surface area contributed by atoms with Crippen molar-refractivity contribution in [2.24, 2.45) is 4.99 Å². The molecule has 0 bridgehead atoms. The Labute approximate surface area is 191 Å². The predicted octanol–water partition coefficient (Wildman–Crippen LogP) is 3.92. The number of ether oxygens (including phenoxy) is 1. The minimum absolute atomic E-state index is 0.389. The SMILES string of the molecule is CCNC(=NCCCOC1CCN(Cc2ccccc2)CC1)N(C)Cc1csc(C)n1. The van der Waals surface area contributed by atoms with Crippen molar-refractivity contribution in [1.82, 2.24) is 20.1 Å². The number of nitrogens with zero attached hydrogens (tertiary/aromatic N) is 4. The van der Waals surface area contributed by atoms with Gasteiger partial charge in [-0.1, -0.05) is 30.3 Å². The maximum Gasteiger partial charge on any atom is 0.194 e. The molecule has 6 nitrogen and oxygen atoms in total. The molecule has 0 atom stereocenters. The summed E-state index contributed by atoms with van der Waals surface area (Å²) in [6.45, 7) is 10.6. The van der Waals surface area contributed by atoms with Gasteiger partial charge in [0, 0.05) is 51.8 Å². The summed E-state index contributed by atoms with van der Waals surface area (Å²) in [4.78, 5) is 14.0. The molecule has 2 heterocycles. The van der Waals surface area contributed by atoms with E-state index in [2.05, 4.69) is 69.8 Å². The number of guanidine groups is 1. The lowest BCUT2D eigenvalue weighted by molar-refractivity contribution is 0.00564. The van der Waals surface area contributed by atoms with Gasteiger partial charge in [0.05, 0.1) is 23.4 Å². The van der Waals surface area contributed by atoms with Crippen LogP contribution >= 0.6 is 11.3 Å². The van der Waals surface area contributed by atoms with Gasteiger partial charge < -0.3 is 15.0 Å². The highest BCUT2D eigenvalue weighted by atomic mass is 32.1. The average Bonchev–Trinajstić information content (AvgIpc) is 3.19. The molecule has 0 saturated carbocycles. The quantitative estimate of drug-likeness (QED) is 0.343. The lowest BCUT2D eigenvalue weighted by Gasteiger charge is -2.31. The van der Waals surface area contributed by atoms with Crippen LogP contribution < -0.4 is 5.32 Å². The summed E-state index contributed by atoms with van der Waals surface area (Å²) >= 11 is 1.69. The van der Waals surface area contributed by atoms with E-state index in [0.717, 1.165) is 81.8 Å². The van der Waals surface area contributed by atoms with Crippen LogP contribution in [-0.2, 0) is 17.8 Å². The molecule has 1 aliphatic rings. The zero-order chi connectivity index (χ0) is 21.9. The minimum atomic E-state index is 0.389. The first-order valence-corrected chi connectivity index (χ1v) is 12.3. The molecule has 31 heavy (non-hydrogen) atoms. The first-order valence-electron chi connectivity index (χ1n) is 11.4. The number of piperidine rings is 1. The second-order valence-electron chi connectivity index (χ2n) is 8.14. The fraction of sp³-hybridized carbons (Fsp3) is 0.583. The normalized spacial score (nSPS) is 15.9. The summed E-state index contributed by atoms with van der Waals surface area (Å²) in [5, 5.41) is 6.60. The molecular weight excluding hydrogens is 406 g/mol. The van der Waals surface area contributed by atoms with Gasteiger partial charge in [0.25, 0.3) is 0 Å². The monoisotopic (exact) mass is 443 g/mol. The summed E-state index contributed by atoms with van der Waals surface area (Å²) in [7, 11) is 2.07. The lowest BCUT2D eigenvalue weighted by Crippen LogP contribution is -2.38. The molecule has 1 saturated heterocycles. The van der Waals surface area contributed by atoms with Gasteiger partial charge in [-0.15, -0.1) is 11.3 Å². The summed E-state index contributed by atoms with van der Waals surface area (Å²) in [6, 6.07) is 10.7. The Hall–Kier alpha value is -1.96. The highest BCUT2D eigenvalue weighted by Crippen LogP contribution is 2.16. The van der Waals surface area contributed by atoms with Gasteiger partial charge in [-0.25, -0.2) is 4.98 Å². The summed E-state index contributed by atoms with van der Waals surface area (Å²) in [5.74, 6) is 0.933. The van der Waals surface area contributed by atoms with E-state index in [9.17, 15) is 0 Å². The van der Waals surface area contributed by atoms with Gasteiger partial charge in [-0.3, -0.25) is 9.89 Å². The van der Waals surface area contributed by atoms with Gasteiger partial charge in [0.15, 0.2) is 5.96 Å². The first kappa shape index (κ1) is 23.7. The Bertz CT molecular complexity index is 786. The molecule has 0 spiro atoms. The number of rotatable bonds is 10. The number of hydrogen-bond donors (Lipinski definition) is 1. The third kappa shape index (κ3) is 8.24. The number of aromatic nitrogens is 1. The van der Waals surface area contributed by atoms with Crippen molar-refractivity contribution in [2.45, 2.75) is 52.3 Å². The number of likely N-dealkylation sites (tertiary alicyclic amines) is 1. The van der Waals surface area contributed by atoms with Crippen LogP contribution in [0.1, 0.15) is 42.5 Å². The number of hydrogen-bond acceptors (Lipinski definition) is 5. The van der Waals surface area contributed by atoms with Crippen molar-refractivity contribution >= 4 is 17.3 Å². The Morgan fingerprint density at radius 2 is 2.06 bits per heavy atom. The van der Waals surface area contributed by atoms with Crippen molar-refractivity contribution in [3.8, 4) is 0 Å². The van der Waals surface area contributed by atoms with E-state index < -0.39 is 0 Å². The van der Waals surface area contributed by atoms with Crippen molar-refractivity contribution in [2.75, 3.05) is 39.8 Å². The molecule has 1 aliphatic heterocycles. The van der Waals surface area contributed by atoms with Gasteiger partial charge in [0.2, 0.25) is 0 Å². The van der Waals surface area contributed by atoms with Crippen molar-refractivity contribution in [1.29, 1.82) is 0 Å². The largest absolute Gasteiger partial charge is 0.378 e. The third-order valence-electron chi connectivity index (χ3n) is 5.46. The van der Waals surface area contributed by atoms with Crippen molar-refractivity contribution in [3.63, 3.8) is 0 Å². The molecule has 1 N–H and O–H groups in total. The van der Waals surface area contributed by atoms with Gasteiger partial charge >= 0.3 is 0 Å². The van der Waals surface area contributed by atoms with Crippen LogP contribution in [0.15, 0.2) is 40.7 Å². The maximum atomic E-state index is 6.14. The van der Waals surface area contributed by atoms with Crippen LogP contribution in [0.25, 0.3) is 0 Å². The second-order valence-corrected chi connectivity index (χ2v) is 9.20. The molecule has 2 aromatic rings. The van der Waals surface area contributed by atoms with Crippen LogP contribution in [-0.4, -0.2) is 66.7 Å².